The number of amides is 2. The number of aliphatic carboxylic acids is 1. The van der Waals surface area contributed by atoms with Crippen LogP contribution < -0.4 is 0 Å². The molecule has 1 aliphatic heterocycles. The van der Waals surface area contributed by atoms with Crippen molar-refractivity contribution >= 4 is 12.0 Å². The molecule has 2 amide bonds. The number of hydrogen-bond donors (Lipinski definition) is 1. The standard InChI is InChI=1S/C13H24N2O3/c1-3-14(4-2)13(18)15-9-7-11(8-10-15)5-6-12(16)17/h11H,3-10H2,1-2H3,(H,16,17). The maximum absolute atomic E-state index is 12.1. The van der Waals surface area contributed by atoms with Crippen molar-refractivity contribution < 1.29 is 14.7 Å². The molecule has 0 aromatic rings. The summed E-state index contributed by atoms with van der Waals surface area (Å²) in [6.45, 7) is 6.99. The summed E-state index contributed by atoms with van der Waals surface area (Å²) in [7, 11) is 0. The Morgan fingerprint density at radius 2 is 1.78 bits per heavy atom. The molecule has 0 unspecified atom stereocenters. The van der Waals surface area contributed by atoms with Crippen LogP contribution in [0.2, 0.25) is 0 Å². The molecule has 0 atom stereocenters. The summed E-state index contributed by atoms with van der Waals surface area (Å²) in [5.41, 5.74) is 0. The topological polar surface area (TPSA) is 60.9 Å². The summed E-state index contributed by atoms with van der Waals surface area (Å²) in [6.07, 6.45) is 2.85. The van der Waals surface area contributed by atoms with Crippen molar-refractivity contribution in [2.24, 2.45) is 5.92 Å². The lowest BCUT2D eigenvalue weighted by molar-refractivity contribution is -0.137. The van der Waals surface area contributed by atoms with Crippen LogP contribution in [-0.2, 0) is 4.79 Å². The Balaban J connectivity index is 2.34. The van der Waals surface area contributed by atoms with Crippen LogP contribution in [0.4, 0.5) is 4.79 Å². The maximum atomic E-state index is 12.1. The van der Waals surface area contributed by atoms with E-state index in [1.807, 2.05) is 23.6 Å². The lowest BCUT2D eigenvalue weighted by atomic mass is 9.92. The zero-order chi connectivity index (χ0) is 13.5. The van der Waals surface area contributed by atoms with Crippen molar-refractivity contribution in [1.29, 1.82) is 0 Å². The molecule has 0 aliphatic carbocycles. The number of piperidine rings is 1. The number of nitrogens with zero attached hydrogens (tertiary/aromatic N) is 2. The Morgan fingerprint density at radius 3 is 2.22 bits per heavy atom. The van der Waals surface area contributed by atoms with Crippen molar-refractivity contribution in [2.45, 2.75) is 39.5 Å². The normalized spacial score (nSPS) is 16.7. The second kappa shape index (κ2) is 7.24. The predicted octanol–water partition coefficient (Wildman–Crippen LogP) is 2.03. The van der Waals surface area contributed by atoms with Gasteiger partial charge in [-0.3, -0.25) is 4.79 Å². The Hall–Kier alpha value is -1.26. The zero-order valence-corrected chi connectivity index (χ0v) is 11.4. The van der Waals surface area contributed by atoms with Crippen molar-refractivity contribution in [3.63, 3.8) is 0 Å². The van der Waals surface area contributed by atoms with E-state index in [-0.39, 0.29) is 12.5 Å². The number of carbonyl (C=O) groups is 2. The predicted molar refractivity (Wildman–Crippen MR) is 69.5 cm³/mol. The van der Waals surface area contributed by atoms with E-state index in [9.17, 15) is 9.59 Å². The van der Waals surface area contributed by atoms with Gasteiger partial charge < -0.3 is 14.9 Å². The largest absolute Gasteiger partial charge is 0.481 e. The summed E-state index contributed by atoms with van der Waals surface area (Å²) >= 11 is 0. The molecule has 18 heavy (non-hydrogen) atoms. The minimum absolute atomic E-state index is 0.122. The van der Waals surface area contributed by atoms with E-state index in [0.717, 1.165) is 45.4 Å². The third-order valence-corrected chi connectivity index (χ3v) is 3.69. The van der Waals surface area contributed by atoms with Crippen LogP contribution in [0.25, 0.3) is 0 Å². The van der Waals surface area contributed by atoms with Gasteiger partial charge in [-0.1, -0.05) is 0 Å². The second-order valence-electron chi connectivity index (χ2n) is 4.82. The Morgan fingerprint density at radius 1 is 1.22 bits per heavy atom. The number of carbonyl (C=O) groups excluding carboxylic acids is 1. The third-order valence-electron chi connectivity index (χ3n) is 3.69. The highest BCUT2D eigenvalue weighted by Crippen LogP contribution is 2.22. The molecule has 0 saturated carbocycles. The molecule has 0 radical (unpaired) electrons. The molecule has 1 heterocycles. The Labute approximate surface area is 109 Å². The fraction of sp³-hybridized carbons (Fsp3) is 0.846. The van der Waals surface area contributed by atoms with Crippen molar-refractivity contribution in [3.8, 4) is 0 Å². The van der Waals surface area contributed by atoms with Crippen LogP contribution >= 0.6 is 0 Å². The molecule has 0 aromatic carbocycles. The van der Waals surface area contributed by atoms with Crippen LogP contribution in [0.3, 0.4) is 0 Å². The van der Waals surface area contributed by atoms with Crippen LogP contribution in [0.5, 0.6) is 0 Å². The molecular formula is C13H24N2O3. The van der Waals surface area contributed by atoms with Crippen LogP contribution in [0.1, 0.15) is 39.5 Å². The highest BCUT2D eigenvalue weighted by atomic mass is 16.4. The smallest absolute Gasteiger partial charge is 0.319 e. The quantitative estimate of drug-likeness (QED) is 0.818. The average Bonchev–Trinajstić information content (AvgIpc) is 2.38. The number of rotatable bonds is 5. The molecule has 1 saturated heterocycles. The molecule has 1 N–H and O–H groups in total. The van der Waals surface area contributed by atoms with Crippen molar-refractivity contribution in [3.05, 3.63) is 0 Å². The van der Waals surface area contributed by atoms with E-state index in [1.165, 1.54) is 0 Å². The molecule has 1 fully saturated rings. The highest BCUT2D eigenvalue weighted by Gasteiger charge is 2.25. The molecule has 0 aromatic heterocycles. The van der Waals surface area contributed by atoms with Gasteiger partial charge in [0.25, 0.3) is 0 Å². The van der Waals surface area contributed by atoms with Crippen LogP contribution in [0.15, 0.2) is 0 Å². The van der Waals surface area contributed by atoms with E-state index >= 15 is 0 Å². The SMILES string of the molecule is CCN(CC)C(=O)N1CCC(CCC(=O)O)CC1. The molecule has 5 nitrogen and oxygen atoms in total. The second-order valence-corrected chi connectivity index (χ2v) is 4.82. The van der Waals surface area contributed by atoms with E-state index < -0.39 is 5.97 Å². The van der Waals surface area contributed by atoms with Gasteiger partial charge in [-0.25, -0.2) is 4.79 Å². The van der Waals surface area contributed by atoms with Gasteiger partial charge in [0.2, 0.25) is 0 Å². The lowest BCUT2D eigenvalue weighted by Crippen LogP contribution is -2.46. The lowest BCUT2D eigenvalue weighted by Gasteiger charge is -2.35. The van der Waals surface area contributed by atoms with Crippen LogP contribution in [-0.4, -0.2) is 53.1 Å². The van der Waals surface area contributed by atoms with Gasteiger partial charge >= 0.3 is 12.0 Å². The fourth-order valence-corrected chi connectivity index (χ4v) is 2.43. The molecule has 0 spiro atoms. The zero-order valence-electron chi connectivity index (χ0n) is 11.4. The monoisotopic (exact) mass is 256 g/mol. The summed E-state index contributed by atoms with van der Waals surface area (Å²) in [4.78, 5) is 26.3. The van der Waals surface area contributed by atoms with Gasteiger partial charge in [-0.15, -0.1) is 0 Å². The first-order valence-corrected chi connectivity index (χ1v) is 6.84. The minimum atomic E-state index is -0.725. The van der Waals surface area contributed by atoms with Crippen molar-refractivity contribution in [2.75, 3.05) is 26.2 Å². The van der Waals surface area contributed by atoms with Gasteiger partial charge in [-0.2, -0.15) is 0 Å². The Bertz CT molecular complexity index is 282. The van der Waals surface area contributed by atoms with E-state index in [0.29, 0.717) is 5.92 Å². The highest BCUT2D eigenvalue weighted by molar-refractivity contribution is 5.74. The number of urea groups is 1. The fourth-order valence-electron chi connectivity index (χ4n) is 2.43. The Kier molecular flexibility index (Phi) is 5.95. The third kappa shape index (κ3) is 4.20. The first-order valence-electron chi connectivity index (χ1n) is 6.84. The number of hydrogen-bond acceptors (Lipinski definition) is 2. The molecule has 1 rings (SSSR count). The number of carboxylic acid groups (broad SMARTS) is 1. The van der Waals surface area contributed by atoms with Gasteiger partial charge in [0, 0.05) is 32.6 Å². The first-order chi connectivity index (χ1) is 8.58. The van der Waals surface area contributed by atoms with E-state index in [4.69, 9.17) is 5.11 Å². The van der Waals surface area contributed by atoms with Crippen molar-refractivity contribution in [1.82, 2.24) is 9.80 Å². The van der Waals surface area contributed by atoms with Gasteiger partial charge in [0.05, 0.1) is 0 Å². The van der Waals surface area contributed by atoms with Gasteiger partial charge in [0.1, 0.15) is 0 Å². The molecule has 104 valence electrons. The molecule has 0 bridgehead atoms. The van der Waals surface area contributed by atoms with Gasteiger partial charge in [0.15, 0.2) is 0 Å². The maximum Gasteiger partial charge on any atom is 0.319 e. The van der Waals surface area contributed by atoms with Crippen LogP contribution in [0, 0.1) is 5.92 Å². The summed E-state index contributed by atoms with van der Waals surface area (Å²) in [5, 5.41) is 8.65. The van der Waals surface area contributed by atoms with E-state index in [2.05, 4.69) is 0 Å². The average molecular weight is 256 g/mol. The number of carboxylic acids is 1. The minimum Gasteiger partial charge on any atom is -0.481 e. The van der Waals surface area contributed by atoms with E-state index in [1.54, 1.807) is 0 Å². The number of likely N-dealkylation sites (tertiary alicyclic amines) is 1. The van der Waals surface area contributed by atoms with Gasteiger partial charge in [-0.05, 0) is 39.0 Å². The molecule has 5 heteroatoms. The molecular weight excluding hydrogens is 232 g/mol. The summed E-state index contributed by atoms with van der Waals surface area (Å²) in [6, 6.07) is 0.122. The molecule has 1 aliphatic rings. The summed E-state index contributed by atoms with van der Waals surface area (Å²) in [5.74, 6) is -0.265. The summed E-state index contributed by atoms with van der Waals surface area (Å²) < 4.78 is 0. The first kappa shape index (κ1) is 14.8.